The lowest BCUT2D eigenvalue weighted by atomic mass is 10.1. The summed E-state index contributed by atoms with van der Waals surface area (Å²) in [5, 5.41) is 10.1. The highest BCUT2D eigenvalue weighted by Crippen LogP contribution is 2.23. The van der Waals surface area contributed by atoms with E-state index in [0.29, 0.717) is 11.3 Å². The molecule has 0 aromatic heterocycles. The Morgan fingerprint density at radius 1 is 1.19 bits per heavy atom. The molecule has 1 unspecified atom stereocenters. The van der Waals surface area contributed by atoms with Gasteiger partial charge in [-0.3, -0.25) is 0 Å². The Morgan fingerprint density at radius 2 is 1.86 bits per heavy atom. The van der Waals surface area contributed by atoms with Gasteiger partial charge in [-0.25, -0.2) is 8.42 Å². The number of hydrogen-bond donors (Lipinski definition) is 1. The predicted octanol–water partition coefficient (Wildman–Crippen LogP) is 2.97. The van der Waals surface area contributed by atoms with Crippen molar-refractivity contribution in [2.45, 2.75) is 11.0 Å². The number of ether oxygens (including phenoxy) is 1. The van der Waals surface area contributed by atoms with Crippen LogP contribution in [0.15, 0.2) is 57.9 Å². The molecule has 21 heavy (non-hydrogen) atoms. The SMILES string of the molecule is COc1cccc(C(O)CS(=O)(=O)c2ccc(Br)cc2)c1. The highest BCUT2D eigenvalue weighted by molar-refractivity contribution is 9.10. The lowest BCUT2D eigenvalue weighted by Crippen LogP contribution is -2.14. The second-order valence-corrected chi connectivity index (χ2v) is 7.48. The van der Waals surface area contributed by atoms with Gasteiger partial charge in [-0.2, -0.15) is 0 Å². The Kier molecular flexibility index (Phi) is 5.03. The largest absolute Gasteiger partial charge is 0.497 e. The van der Waals surface area contributed by atoms with Crippen LogP contribution in [0.2, 0.25) is 0 Å². The van der Waals surface area contributed by atoms with Crippen LogP contribution in [0.1, 0.15) is 11.7 Å². The summed E-state index contributed by atoms with van der Waals surface area (Å²) >= 11 is 3.26. The number of benzene rings is 2. The Bertz CT molecular complexity index is 711. The molecular formula is C15H15BrO4S. The maximum Gasteiger partial charge on any atom is 0.181 e. The van der Waals surface area contributed by atoms with Gasteiger partial charge in [0, 0.05) is 4.47 Å². The fourth-order valence-electron chi connectivity index (χ4n) is 1.89. The monoisotopic (exact) mass is 370 g/mol. The first-order valence-electron chi connectivity index (χ1n) is 6.23. The Hall–Kier alpha value is -1.37. The summed E-state index contributed by atoms with van der Waals surface area (Å²) in [6.07, 6.45) is -1.10. The summed E-state index contributed by atoms with van der Waals surface area (Å²) < 4.78 is 30.4. The van der Waals surface area contributed by atoms with Crippen molar-refractivity contribution >= 4 is 25.8 Å². The van der Waals surface area contributed by atoms with Gasteiger partial charge in [0.1, 0.15) is 5.75 Å². The number of methoxy groups -OCH3 is 1. The summed E-state index contributed by atoms with van der Waals surface area (Å²) in [6.45, 7) is 0. The first-order valence-corrected chi connectivity index (χ1v) is 8.67. The van der Waals surface area contributed by atoms with Gasteiger partial charge >= 0.3 is 0 Å². The fourth-order valence-corrected chi connectivity index (χ4v) is 3.51. The third-order valence-electron chi connectivity index (χ3n) is 3.03. The molecule has 4 nitrogen and oxygen atoms in total. The van der Waals surface area contributed by atoms with Crippen LogP contribution in [0.4, 0.5) is 0 Å². The first kappa shape index (κ1) is 16.0. The molecule has 0 saturated carbocycles. The standard InChI is InChI=1S/C15H15BrO4S/c1-20-13-4-2-3-11(9-13)15(17)10-21(18,19)14-7-5-12(16)6-8-14/h2-9,15,17H,10H2,1H3. The molecule has 0 aliphatic rings. The van der Waals surface area contributed by atoms with E-state index in [9.17, 15) is 13.5 Å². The van der Waals surface area contributed by atoms with Crippen LogP contribution in [-0.4, -0.2) is 26.4 Å². The maximum absolute atomic E-state index is 12.3. The van der Waals surface area contributed by atoms with Crippen LogP contribution in [-0.2, 0) is 9.84 Å². The Morgan fingerprint density at radius 3 is 2.48 bits per heavy atom. The summed E-state index contributed by atoms with van der Waals surface area (Å²) in [6, 6.07) is 13.1. The second kappa shape index (κ2) is 6.60. The predicted molar refractivity (Wildman–Crippen MR) is 84.1 cm³/mol. The van der Waals surface area contributed by atoms with E-state index < -0.39 is 15.9 Å². The molecule has 1 N–H and O–H groups in total. The van der Waals surface area contributed by atoms with Gasteiger partial charge < -0.3 is 9.84 Å². The van der Waals surface area contributed by atoms with E-state index in [4.69, 9.17) is 4.74 Å². The zero-order valence-corrected chi connectivity index (χ0v) is 13.8. The smallest absolute Gasteiger partial charge is 0.181 e. The zero-order valence-electron chi connectivity index (χ0n) is 11.4. The van der Waals surface area contributed by atoms with Crippen LogP contribution >= 0.6 is 15.9 Å². The number of sulfone groups is 1. The van der Waals surface area contributed by atoms with Gasteiger partial charge in [-0.05, 0) is 42.0 Å². The van der Waals surface area contributed by atoms with Crippen molar-refractivity contribution in [3.05, 3.63) is 58.6 Å². The van der Waals surface area contributed by atoms with Crippen LogP contribution in [0, 0.1) is 0 Å². The molecule has 0 spiro atoms. The number of hydrogen-bond acceptors (Lipinski definition) is 4. The number of rotatable bonds is 5. The van der Waals surface area contributed by atoms with Crippen molar-refractivity contribution in [1.29, 1.82) is 0 Å². The van der Waals surface area contributed by atoms with Gasteiger partial charge in [0.2, 0.25) is 0 Å². The maximum atomic E-state index is 12.3. The molecule has 1 atom stereocenters. The van der Waals surface area contributed by atoms with Gasteiger partial charge in [-0.15, -0.1) is 0 Å². The van der Waals surface area contributed by atoms with E-state index in [0.717, 1.165) is 4.47 Å². The van der Waals surface area contributed by atoms with Gasteiger partial charge in [-0.1, -0.05) is 28.1 Å². The molecule has 2 aromatic carbocycles. The minimum atomic E-state index is -3.56. The molecule has 0 saturated heterocycles. The lowest BCUT2D eigenvalue weighted by molar-refractivity contribution is 0.201. The van der Waals surface area contributed by atoms with Crippen molar-refractivity contribution in [1.82, 2.24) is 0 Å². The van der Waals surface area contributed by atoms with Crippen molar-refractivity contribution < 1.29 is 18.3 Å². The van der Waals surface area contributed by atoms with Crippen molar-refractivity contribution in [3.8, 4) is 5.75 Å². The molecule has 2 rings (SSSR count). The molecule has 0 fully saturated rings. The summed E-state index contributed by atoms with van der Waals surface area (Å²) in [5.41, 5.74) is 0.509. The number of halogens is 1. The van der Waals surface area contributed by atoms with Crippen LogP contribution < -0.4 is 4.74 Å². The van der Waals surface area contributed by atoms with E-state index in [1.54, 1.807) is 36.4 Å². The van der Waals surface area contributed by atoms with E-state index in [1.165, 1.54) is 19.2 Å². The summed E-state index contributed by atoms with van der Waals surface area (Å²) in [7, 11) is -2.04. The lowest BCUT2D eigenvalue weighted by Gasteiger charge is -2.13. The van der Waals surface area contributed by atoms with E-state index >= 15 is 0 Å². The van der Waals surface area contributed by atoms with Crippen molar-refractivity contribution in [3.63, 3.8) is 0 Å². The minimum Gasteiger partial charge on any atom is -0.497 e. The topological polar surface area (TPSA) is 63.6 Å². The average Bonchev–Trinajstić information content (AvgIpc) is 2.47. The Balaban J connectivity index is 2.21. The van der Waals surface area contributed by atoms with Crippen molar-refractivity contribution in [2.75, 3.05) is 12.9 Å². The number of aliphatic hydroxyl groups excluding tert-OH is 1. The highest BCUT2D eigenvalue weighted by atomic mass is 79.9. The third kappa shape index (κ3) is 4.06. The molecule has 6 heteroatoms. The molecule has 112 valence electrons. The Labute approximate surface area is 132 Å². The van der Waals surface area contributed by atoms with Crippen LogP contribution in [0.3, 0.4) is 0 Å². The highest BCUT2D eigenvalue weighted by Gasteiger charge is 2.21. The number of aliphatic hydroxyl groups is 1. The van der Waals surface area contributed by atoms with Gasteiger partial charge in [0.05, 0.1) is 23.9 Å². The molecular weight excluding hydrogens is 356 g/mol. The van der Waals surface area contributed by atoms with Crippen molar-refractivity contribution in [2.24, 2.45) is 0 Å². The minimum absolute atomic E-state index is 0.188. The molecule has 0 radical (unpaired) electrons. The first-order chi connectivity index (χ1) is 9.92. The average molecular weight is 371 g/mol. The second-order valence-electron chi connectivity index (χ2n) is 4.53. The third-order valence-corrected chi connectivity index (χ3v) is 5.30. The van der Waals surface area contributed by atoms with Gasteiger partial charge in [0.25, 0.3) is 0 Å². The molecule has 2 aromatic rings. The fraction of sp³-hybridized carbons (Fsp3) is 0.200. The molecule has 0 aliphatic carbocycles. The van der Waals surface area contributed by atoms with E-state index in [2.05, 4.69) is 15.9 Å². The molecule has 0 heterocycles. The zero-order chi connectivity index (χ0) is 15.5. The molecule has 0 amide bonds. The van der Waals surface area contributed by atoms with Crippen LogP contribution in [0.25, 0.3) is 0 Å². The summed E-state index contributed by atoms with van der Waals surface area (Å²) in [5.74, 6) is 0.203. The molecule has 0 aliphatic heterocycles. The summed E-state index contributed by atoms with van der Waals surface area (Å²) in [4.78, 5) is 0.188. The van der Waals surface area contributed by atoms with E-state index in [1.807, 2.05) is 0 Å². The quantitative estimate of drug-likeness (QED) is 0.878. The normalized spacial score (nSPS) is 12.9. The van der Waals surface area contributed by atoms with Gasteiger partial charge in [0.15, 0.2) is 9.84 Å². The molecule has 0 bridgehead atoms. The van der Waals surface area contributed by atoms with E-state index in [-0.39, 0.29) is 10.6 Å². The van der Waals surface area contributed by atoms with Crippen LogP contribution in [0.5, 0.6) is 5.75 Å².